The van der Waals surface area contributed by atoms with Crippen LogP contribution >= 0.6 is 0 Å². The van der Waals surface area contributed by atoms with E-state index in [2.05, 4.69) is 140 Å². The van der Waals surface area contributed by atoms with Gasteiger partial charge < -0.3 is 0 Å². The van der Waals surface area contributed by atoms with Gasteiger partial charge in [-0.05, 0) is 84.1 Å². The molecule has 1 aliphatic rings. The standard InChI is InChI=1S/C37H28/c1-25-11-9-15-28(23-25)36-31-16-5-7-18-33(31)37(34-19-8-6-17-32(34)36)29-22-21-27-14-10-20-30(35(27)24-29)26-12-3-2-4-13-26/h2-10,12-25H,11H2,1H3. The van der Waals surface area contributed by atoms with Gasteiger partial charge in [0.2, 0.25) is 0 Å². The Morgan fingerprint density at radius 2 is 1.19 bits per heavy atom. The van der Waals surface area contributed by atoms with Crippen LogP contribution in [0.15, 0.2) is 133 Å². The van der Waals surface area contributed by atoms with Crippen LogP contribution in [0.5, 0.6) is 0 Å². The zero-order chi connectivity index (χ0) is 24.8. The second-order valence-corrected chi connectivity index (χ2v) is 10.2. The topological polar surface area (TPSA) is 0 Å². The Labute approximate surface area is 218 Å². The zero-order valence-electron chi connectivity index (χ0n) is 21.0. The van der Waals surface area contributed by atoms with E-state index < -0.39 is 0 Å². The maximum absolute atomic E-state index is 2.44. The van der Waals surface area contributed by atoms with Crippen molar-refractivity contribution >= 4 is 37.9 Å². The molecule has 1 atom stereocenters. The summed E-state index contributed by atoms with van der Waals surface area (Å²) in [7, 11) is 0. The van der Waals surface area contributed by atoms with Crippen LogP contribution in [-0.4, -0.2) is 0 Å². The zero-order valence-corrected chi connectivity index (χ0v) is 21.0. The summed E-state index contributed by atoms with van der Waals surface area (Å²) in [5, 5.41) is 7.80. The second kappa shape index (κ2) is 8.91. The average Bonchev–Trinajstić information content (AvgIpc) is 2.95. The van der Waals surface area contributed by atoms with E-state index >= 15 is 0 Å². The number of rotatable bonds is 3. The molecule has 0 nitrogen and oxygen atoms in total. The van der Waals surface area contributed by atoms with Gasteiger partial charge in [0.1, 0.15) is 0 Å². The molecule has 0 amide bonds. The smallest absolute Gasteiger partial charge is 0.00261 e. The van der Waals surface area contributed by atoms with Crippen molar-refractivity contribution in [2.45, 2.75) is 13.3 Å². The van der Waals surface area contributed by atoms with Gasteiger partial charge in [0.15, 0.2) is 0 Å². The van der Waals surface area contributed by atoms with E-state index in [0.29, 0.717) is 5.92 Å². The predicted octanol–water partition coefficient (Wildman–Crippen LogP) is 10.5. The third-order valence-electron chi connectivity index (χ3n) is 7.75. The second-order valence-electron chi connectivity index (χ2n) is 10.2. The molecule has 0 saturated heterocycles. The SMILES string of the molecule is CC1C=C(c2c3ccccc3c(-c3ccc4cccc(-c5ccccc5)c4c3)c3ccccc23)C=CC1. The fourth-order valence-electron chi connectivity index (χ4n) is 6.05. The molecule has 0 heterocycles. The van der Waals surface area contributed by atoms with Gasteiger partial charge >= 0.3 is 0 Å². The van der Waals surface area contributed by atoms with Gasteiger partial charge in [-0.1, -0.05) is 134 Å². The van der Waals surface area contributed by atoms with Crippen molar-refractivity contribution in [1.82, 2.24) is 0 Å². The Kier molecular flexibility index (Phi) is 5.26. The normalized spacial score (nSPS) is 15.4. The van der Waals surface area contributed by atoms with Crippen molar-refractivity contribution in [2.75, 3.05) is 0 Å². The first-order chi connectivity index (χ1) is 18.3. The lowest BCUT2D eigenvalue weighted by atomic mass is 9.83. The maximum Gasteiger partial charge on any atom is -0.00261 e. The van der Waals surface area contributed by atoms with Gasteiger partial charge in [0.05, 0.1) is 0 Å². The summed E-state index contributed by atoms with van der Waals surface area (Å²) in [6.07, 6.45) is 8.19. The van der Waals surface area contributed by atoms with Gasteiger partial charge in [-0.15, -0.1) is 0 Å². The molecule has 0 bridgehead atoms. The maximum atomic E-state index is 2.44. The highest BCUT2D eigenvalue weighted by atomic mass is 14.2. The lowest BCUT2D eigenvalue weighted by Gasteiger charge is -2.20. The van der Waals surface area contributed by atoms with Gasteiger partial charge in [0, 0.05) is 0 Å². The molecule has 0 spiro atoms. The van der Waals surface area contributed by atoms with E-state index in [1.165, 1.54) is 65.7 Å². The first-order valence-electron chi connectivity index (χ1n) is 13.2. The van der Waals surface area contributed by atoms with E-state index in [1.807, 2.05) is 0 Å². The fourth-order valence-corrected chi connectivity index (χ4v) is 6.05. The van der Waals surface area contributed by atoms with Crippen LogP contribution in [0.4, 0.5) is 0 Å². The van der Waals surface area contributed by atoms with E-state index in [0.717, 1.165) is 6.42 Å². The third-order valence-corrected chi connectivity index (χ3v) is 7.75. The number of hydrogen-bond donors (Lipinski definition) is 0. The monoisotopic (exact) mass is 472 g/mol. The van der Waals surface area contributed by atoms with Crippen molar-refractivity contribution < 1.29 is 0 Å². The quantitative estimate of drug-likeness (QED) is 0.225. The van der Waals surface area contributed by atoms with E-state index in [1.54, 1.807) is 0 Å². The van der Waals surface area contributed by atoms with Crippen LogP contribution in [0.25, 0.3) is 60.1 Å². The van der Waals surface area contributed by atoms with Gasteiger partial charge in [0.25, 0.3) is 0 Å². The highest BCUT2D eigenvalue weighted by Crippen LogP contribution is 2.44. The van der Waals surface area contributed by atoms with Gasteiger partial charge in [-0.25, -0.2) is 0 Å². The van der Waals surface area contributed by atoms with E-state index in [4.69, 9.17) is 0 Å². The molecule has 0 aliphatic heterocycles. The van der Waals surface area contributed by atoms with Crippen molar-refractivity contribution in [3.63, 3.8) is 0 Å². The van der Waals surface area contributed by atoms with Gasteiger partial charge in [-0.2, -0.15) is 0 Å². The third kappa shape index (κ3) is 3.69. The summed E-state index contributed by atoms with van der Waals surface area (Å²) in [6.45, 7) is 2.31. The Morgan fingerprint density at radius 3 is 1.86 bits per heavy atom. The molecule has 37 heavy (non-hydrogen) atoms. The van der Waals surface area contributed by atoms with Crippen LogP contribution in [0.2, 0.25) is 0 Å². The van der Waals surface area contributed by atoms with Crippen molar-refractivity contribution in [3.05, 3.63) is 139 Å². The van der Waals surface area contributed by atoms with Crippen LogP contribution in [0.3, 0.4) is 0 Å². The molecular formula is C37H28. The van der Waals surface area contributed by atoms with Crippen LogP contribution in [0.1, 0.15) is 18.9 Å². The molecule has 1 aliphatic carbocycles. The lowest BCUT2D eigenvalue weighted by Crippen LogP contribution is -1.98. The fraction of sp³-hybridized carbons (Fsp3) is 0.0811. The molecular weight excluding hydrogens is 444 g/mol. The average molecular weight is 473 g/mol. The van der Waals surface area contributed by atoms with Crippen molar-refractivity contribution in [2.24, 2.45) is 5.92 Å². The first kappa shape index (κ1) is 21.8. The largest absolute Gasteiger partial charge is 0.0834 e. The minimum atomic E-state index is 0.550. The Balaban J connectivity index is 1.56. The molecule has 0 N–H and O–H groups in total. The first-order valence-corrected chi connectivity index (χ1v) is 13.2. The Bertz CT molecular complexity index is 1790. The Hall–Kier alpha value is -4.42. The number of benzene rings is 6. The molecule has 0 fully saturated rings. The van der Waals surface area contributed by atoms with Crippen LogP contribution < -0.4 is 0 Å². The molecule has 6 aromatic carbocycles. The van der Waals surface area contributed by atoms with Gasteiger partial charge in [-0.3, -0.25) is 0 Å². The summed E-state index contributed by atoms with van der Waals surface area (Å²) in [5.74, 6) is 0.550. The number of allylic oxidation sites excluding steroid dienone is 4. The minimum absolute atomic E-state index is 0.550. The summed E-state index contributed by atoms with van der Waals surface area (Å²) in [4.78, 5) is 0. The number of hydrogen-bond acceptors (Lipinski definition) is 0. The van der Waals surface area contributed by atoms with Crippen molar-refractivity contribution in [3.8, 4) is 22.3 Å². The molecule has 0 saturated carbocycles. The summed E-state index contributed by atoms with van der Waals surface area (Å²) < 4.78 is 0. The summed E-state index contributed by atoms with van der Waals surface area (Å²) in [6, 6.07) is 42.2. The molecule has 176 valence electrons. The lowest BCUT2D eigenvalue weighted by molar-refractivity contribution is 0.740. The molecule has 7 rings (SSSR count). The van der Waals surface area contributed by atoms with E-state index in [9.17, 15) is 0 Å². The molecule has 1 unspecified atom stereocenters. The number of fused-ring (bicyclic) bond motifs is 3. The molecule has 0 heteroatoms. The Morgan fingerprint density at radius 1 is 0.541 bits per heavy atom. The van der Waals surface area contributed by atoms with Crippen LogP contribution in [0, 0.1) is 5.92 Å². The molecule has 0 aromatic heterocycles. The highest BCUT2D eigenvalue weighted by molar-refractivity contribution is 6.20. The predicted molar refractivity (Wildman–Crippen MR) is 161 cm³/mol. The summed E-state index contributed by atoms with van der Waals surface area (Å²) >= 11 is 0. The molecule has 0 radical (unpaired) electrons. The van der Waals surface area contributed by atoms with E-state index in [-0.39, 0.29) is 0 Å². The van der Waals surface area contributed by atoms with Crippen molar-refractivity contribution in [1.29, 1.82) is 0 Å². The highest BCUT2D eigenvalue weighted by Gasteiger charge is 2.18. The molecule has 6 aromatic rings. The summed E-state index contributed by atoms with van der Waals surface area (Å²) in [5.41, 5.74) is 7.78. The minimum Gasteiger partial charge on any atom is -0.0834 e. The van der Waals surface area contributed by atoms with Crippen LogP contribution in [-0.2, 0) is 0 Å².